The number of aromatic nitrogens is 3. The summed E-state index contributed by atoms with van der Waals surface area (Å²) in [5.74, 6) is 3.28. The molecule has 2 aliphatic rings. The van der Waals surface area contributed by atoms with Gasteiger partial charge in [-0.1, -0.05) is 11.8 Å². The molecule has 0 saturated carbocycles. The Kier molecular flexibility index (Phi) is 5.06. The molecule has 160 valence electrons. The van der Waals surface area contributed by atoms with Crippen molar-refractivity contribution in [3.63, 3.8) is 0 Å². The molecule has 0 fully saturated rings. The number of rotatable bonds is 6. The first-order valence-electron chi connectivity index (χ1n) is 9.83. The zero-order chi connectivity index (χ0) is 21.4. The molecule has 0 aliphatic carbocycles. The monoisotopic (exact) mass is 440 g/mol. The van der Waals surface area contributed by atoms with Crippen LogP contribution in [0.25, 0.3) is 11.4 Å². The van der Waals surface area contributed by atoms with Crippen LogP contribution in [0.3, 0.4) is 0 Å². The molecule has 1 aromatic heterocycles. The number of hydrogen-bond donors (Lipinski definition) is 1. The van der Waals surface area contributed by atoms with Crippen LogP contribution in [0, 0.1) is 0 Å². The minimum absolute atomic E-state index is 0.140. The smallest absolute Gasteiger partial charge is 0.237 e. The summed E-state index contributed by atoms with van der Waals surface area (Å²) in [6.45, 7) is 4.92. The fourth-order valence-electron chi connectivity index (χ4n) is 3.34. The Labute approximate surface area is 182 Å². The number of benzene rings is 2. The third-order valence-corrected chi connectivity index (χ3v) is 6.04. The molecule has 3 aromatic rings. The van der Waals surface area contributed by atoms with Gasteiger partial charge in [-0.25, -0.2) is 0 Å². The second-order valence-corrected chi connectivity index (χ2v) is 8.24. The maximum Gasteiger partial charge on any atom is 0.237 e. The van der Waals surface area contributed by atoms with E-state index in [9.17, 15) is 4.79 Å². The highest BCUT2D eigenvalue weighted by Gasteiger charge is 2.23. The van der Waals surface area contributed by atoms with Crippen LogP contribution >= 0.6 is 11.8 Å². The molecule has 1 atom stereocenters. The second-order valence-electron chi connectivity index (χ2n) is 6.94. The van der Waals surface area contributed by atoms with Gasteiger partial charge in [0, 0.05) is 23.9 Å². The fraction of sp³-hybridized carbons (Fsp3) is 0.286. The molecule has 0 bridgehead atoms. The number of ether oxygens (including phenoxy) is 4. The van der Waals surface area contributed by atoms with Gasteiger partial charge >= 0.3 is 0 Å². The summed E-state index contributed by atoms with van der Waals surface area (Å²) in [6, 6.07) is 11.0. The van der Waals surface area contributed by atoms with Crippen molar-refractivity contribution in [1.29, 1.82) is 0 Å². The van der Waals surface area contributed by atoms with Crippen molar-refractivity contribution >= 4 is 23.4 Å². The Hall–Kier alpha value is -3.40. The highest BCUT2D eigenvalue weighted by molar-refractivity contribution is 8.00. The summed E-state index contributed by atoms with van der Waals surface area (Å²) in [6.07, 6.45) is 0. The van der Waals surface area contributed by atoms with Gasteiger partial charge < -0.3 is 28.8 Å². The molecular weight excluding hydrogens is 420 g/mol. The van der Waals surface area contributed by atoms with Gasteiger partial charge in [0.2, 0.25) is 19.5 Å². The lowest BCUT2D eigenvalue weighted by molar-refractivity contribution is -0.115. The standard InChI is InChI=1S/C21H20N4O5S/c1-3-25-19(13-4-6-15-17(8-13)29-10-27-15)23-24-21(25)31-12(2)20(26)22-14-5-7-16-18(9-14)30-11-28-16/h4-9,12H,3,10-11H2,1-2H3,(H,22,26). The first kappa shape index (κ1) is 19.6. The molecule has 0 radical (unpaired) electrons. The zero-order valence-corrected chi connectivity index (χ0v) is 17.8. The summed E-state index contributed by atoms with van der Waals surface area (Å²) < 4.78 is 23.5. The van der Waals surface area contributed by atoms with Gasteiger partial charge in [-0.05, 0) is 44.2 Å². The Morgan fingerprint density at radius 2 is 1.71 bits per heavy atom. The average molecular weight is 440 g/mol. The van der Waals surface area contributed by atoms with Crippen LogP contribution in [0.2, 0.25) is 0 Å². The van der Waals surface area contributed by atoms with Gasteiger partial charge in [-0.3, -0.25) is 4.79 Å². The highest BCUT2D eigenvalue weighted by Crippen LogP contribution is 2.37. The Balaban J connectivity index is 1.31. The van der Waals surface area contributed by atoms with Crippen molar-refractivity contribution in [3.8, 4) is 34.4 Å². The van der Waals surface area contributed by atoms with E-state index in [1.54, 1.807) is 18.2 Å². The summed E-state index contributed by atoms with van der Waals surface area (Å²) in [5.41, 5.74) is 1.53. The highest BCUT2D eigenvalue weighted by atomic mass is 32.2. The lowest BCUT2D eigenvalue weighted by Gasteiger charge is -2.13. The zero-order valence-electron chi connectivity index (χ0n) is 17.0. The van der Waals surface area contributed by atoms with E-state index in [0.717, 1.165) is 11.3 Å². The first-order valence-corrected chi connectivity index (χ1v) is 10.7. The van der Waals surface area contributed by atoms with E-state index in [4.69, 9.17) is 18.9 Å². The molecule has 1 N–H and O–H groups in total. The third kappa shape index (κ3) is 3.74. The second kappa shape index (κ2) is 8.03. The van der Waals surface area contributed by atoms with Crippen LogP contribution in [0.5, 0.6) is 23.0 Å². The van der Waals surface area contributed by atoms with E-state index < -0.39 is 0 Å². The molecule has 10 heteroatoms. The van der Waals surface area contributed by atoms with Gasteiger partial charge in [0.05, 0.1) is 5.25 Å². The Morgan fingerprint density at radius 1 is 1.03 bits per heavy atom. The molecule has 0 saturated heterocycles. The van der Waals surface area contributed by atoms with Crippen molar-refractivity contribution in [2.75, 3.05) is 18.9 Å². The number of anilines is 1. The summed E-state index contributed by atoms with van der Waals surface area (Å²) in [7, 11) is 0. The first-order chi connectivity index (χ1) is 15.1. The maximum absolute atomic E-state index is 12.7. The van der Waals surface area contributed by atoms with Crippen LogP contribution in [0.1, 0.15) is 13.8 Å². The van der Waals surface area contributed by atoms with E-state index in [1.165, 1.54) is 11.8 Å². The summed E-state index contributed by atoms with van der Waals surface area (Å²) >= 11 is 1.35. The molecule has 2 aromatic carbocycles. The molecule has 9 nitrogen and oxygen atoms in total. The number of carbonyl (C=O) groups excluding carboxylic acids is 1. The predicted molar refractivity (Wildman–Crippen MR) is 114 cm³/mol. The summed E-state index contributed by atoms with van der Waals surface area (Å²) in [4.78, 5) is 12.7. The molecule has 0 spiro atoms. The summed E-state index contributed by atoms with van der Waals surface area (Å²) in [5, 5.41) is 11.9. The van der Waals surface area contributed by atoms with Crippen LogP contribution in [0.15, 0.2) is 41.6 Å². The largest absolute Gasteiger partial charge is 0.454 e. The van der Waals surface area contributed by atoms with Gasteiger partial charge in [-0.2, -0.15) is 0 Å². The van der Waals surface area contributed by atoms with E-state index in [1.807, 2.05) is 36.6 Å². The lowest BCUT2D eigenvalue weighted by atomic mass is 10.2. The van der Waals surface area contributed by atoms with Crippen LogP contribution in [0.4, 0.5) is 5.69 Å². The van der Waals surface area contributed by atoms with Gasteiger partial charge in [-0.15, -0.1) is 10.2 Å². The number of nitrogens with one attached hydrogen (secondary N) is 1. The molecule has 2 aliphatic heterocycles. The molecule has 1 amide bonds. The van der Waals surface area contributed by atoms with Crippen molar-refractivity contribution in [3.05, 3.63) is 36.4 Å². The molecule has 3 heterocycles. The van der Waals surface area contributed by atoms with Crippen LogP contribution < -0.4 is 24.3 Å². The van der Waals surface area contributed by atoms with Crippen molar-refractivity contribution in [2.24, 2.45) is 0 Å². The minimum atomic E-state index is -0.385. The molecule has 5 rings (SSSR count). The third-order valence-electron chi connectivity index (χ3n) is 4.96. The van der Waals surface area contributed by atoms with Crippen molar-refractivity contribution < 1.29 is 23.7 Å². The maximum atomic E-state index is 12.7. The van der Waals surface area contributed by atoms with E-state index >= 15 is 0 Å². The molecular formula is C21H20N4O5S. The Bertz CT molecular complexity index is 1150. The van der Waals surface area contributed by atoms with Gasteiger partial charge in [0.1, 0.15) is 0 Å². The topological polar surface area (TPSA) is 96.7 Å². The van der Waals surface area contributed by atoms with Crippen LogP contribution in [-0.2, 0) is 11.3 Å². The van der Waals surface area contributed by atoms with E-state index in [2.05, 4.69) is 15.5 Å². The number of fused-ring (bicyclic) bond motifs is 2. The normalized spacial score (nSPS) is 14.5. The minimum Gasteiger partial charge on any atom is -0.454 e. The van der Waals surface area contributed by atoms with Crippen molar-refractivity contribution in [2.45, 2.75) is 30.8 Å². The number of amides is 1. The number of carbonyl (C=O) groups is 1. The number of nitrogens with zero attached hydrogens (tertiary/aromatic N) is 3. The number of hydrogen-bond acceptors (Lipinski definition) is 8. The predicted octanol–water partition coefficient (Wildman–Crippen LogP) is 3.54. The quantitative estimate of drug-likeness (QED) is 0.582. The molecule has 31 heavy (non-hydrogen) atoms. The fourth-order valence-corrected chi connectivity index (χ4v) is 4.25. The van der Waals surface area contributed by atoms with E-state index in [0.29, 0.717) is 40.5 Å². The lowest BCUT2D eigenvalue weighted by Crippen LogP contribution is -2.22. The molecule has 1 unspecified atom stereocenters. The Morgan fingerprint density at radius 3 is 2.45 bits per heavy atom. The van der Waals surface area contributed by atoms with Crippen LogP contribution in [-0.4, -0.2) is 39.5 Å². The number of thioether (sulfide) groups is 1. The average Bonchev–Trinajstić information content (AvgIpc) is 3.51. The van der Waals surface area contributed by atoms with Gasteiger partial charge in [0.25, 0.3) is 0 Å². The van der Waals surface area contributed by atoms with Gasteiger partial charge in [0.15, 0.2) is 34.0 Å². The van der Waals surface area contributed by atoms with Crippen molar-refractivity contribution in [1.82, 2.24) is 14.8 Å². The SMILES string of the molecule is CCn1c(SC(C)C(=O)Nc2ccc3c(c2)OCO3)nnc1-c1ccc2c(c1)OCO2. The van der Waals surface area contributed by atoms with E-state index in [-0.39, 0.29) is 24.7 Å².